The molecule has 1 saturated heterocycles. The van der Waals surface area contributed by atoms with Crippen LogP contribution in [0.1, 0.15) is 118 Å². The Kier molecular flexibility index (Phi) is 9.33. The van der Waals surface area contributed by atoms with Crippen molar-refractivity contribution >= 4 is 23.2 Å². The molecular weight excluding hydrogens is 540 g/mol. The number of fused-ring (bicyclic) bond motifs is 3. The van der Waals surface area contributed by atoms with Crippen molar-refractivity contribution in [2.75, 3.05) is 26.3 Å². The van der Waals surface area contributed by atoms with E-state index in [0.717, 1.165) is 62.7 Å². The van der Waals surface area contributed by atoms with Gasteiger partial charge in [-0.3, -0.25) is 14.5 Å². The largest absolute Gasteiger partial charge is 0.379 e. The van der Waals surface area contributed by atoms with E-state index in [1.807, 2.05) is 38.1 Å². The molecule has 0 bridgehead atoms. The minimum atomic E-state index is -0.662. The highest BCUT2D eigenvalue weighted by atomic mass is 16.7. The van der Waals surface area contributed by atoms with Crippen molar-refractivity contribution in [3.8, 4) is 11.1 Å². The first-order chi connectivity index (χ1) is 20.6. The number of ether oxygens (including phenoxy) is 1. The average Bonchev–Trinajstić information content (AvgIpc) is 3.31. The summed E-state index contributed by atoms with van der Waals surface area (Å²) in [5.74, 6) is -0.301. The first-order valence-corrected chi connectivity index (χ1v) is 16.1. The predicted molar refractivity (Wildman–Crippen MR) is 169 cm³/mol. The molecule has 0 amide bonds. The van der Waals surface area contributed by atoms with Gasteiger partial charge in [-0.25, -0.2) is 4.79 Å². The first kappa shape index (κ1) is 31.3. The van der Waals surface area contributed by atoms with E-state index in [1.165, 1.54) is 24.5 Å². The zero-order valence-corrected chi connectivity index (χ0v) is 26.5. The molecule has 0 unspecified atom stereocenters. The molecule has 0 radical (unpaired) electrons. The second-order valence-electron chi connectivity index (χ2n) is 13.0. The van der Waals surface area contributed by atoms with Gasteiger partial charge in [0.1, 0.15) is 5.71 Å². The number of carbonyl (C=O) groups excluding carboxylic acids is 3. The van der Waals surface area contributed by atoms with Crippen LogP contribution in [-0.2, 0) is 19.8 Å². The lowest BCUT2D eigenvalue weighted by molar-refractivity contribution is -0.140. The van der Waals surface area contributed by atoms with E-state index in [-0.39, 0.29) is 17.0 Å². The summed E-state index contributed by atoms with van der Waals surface area (Å²) in [6.07, 6.45) is 7.94. The molecule has 7 nitrogen and oxygen atoms in total. The van der Waals surface area contributed by atoms with Crippen LogP contribution >= 0.6 is 0 Å². The molecule has 1 heterocycles. The summed E-state index contributed by atoms with van der Waals surface area (Å²) in [5, 5.41) is 4.06. The Balaban J connectivity index is 1.53. The fourth-order valence-corrected chi connectivity index (χ4v) is 7.55. The van der Waals surface area contributed by atoms with Crippen LogP contribution < -0.4 is 0 Å². The number of nitrogens with zero attached hydrogens (tertiary/aromatic N) is 2. The van der Waals surface area contributed by atoms with Gasteiger partial charge in [0.05, 0.1) is 18.8 Å². The van der Waals surface area contributed by atoms with Gasteiger partial charge in [0, 0.05) is 36.6 Å². The lowest BCUT2D eigenvalue weighted by atomic mass is 9.73. The van der Waals surface area contributed by atoms with Crippen LogP contribution in [0.3, 0.4) is 0 Å². The minimum Gasteiger partial charge on any atom is -0.379 e. The molecule has 0 spiro atoms. The van der Waals surface area contributed by atoms with Crippen LogP contribution in [0, 0.1) is 5.92 Å². The van der Waals surface area contributed by atoms with Gasteiger partial charge < -0.3 is 9.57 Å². The van der Waals surface area contributed by atoms with Crippen molar-refractivity contribution in [2.45, 2.75) is 96.9 Å². The van der Waals surface area contributed by atoms with E-state index in [9.17, 15) is 14.4 Å². The van der Waals surface area contributed by atoms with Crippen LogP contribution in [-0.4, -0.2) is 60.0 Å². The van der Waals surface area contributed by atoms with E-state index in [1.54, 1.807) is 0 Å². The number of Topliss-reactive ketones (excluding diaryl/α,β-unsaturated/α-hetero) is 2. The van der Waals surface area contributed by atoms with Gasteiger partial charge in [-0.15, -0.1) is 0 Å². The standard InChI is InChI=1S/C36H46N2O5/c1-6-36(7-2)30-15-13-26(33(40)32(37-43-24(3)39)21-25-11-9-8-10-12-25)22-28(30)29-23-27(14-16-31(29)36)34(41)35(4,5)38-17-19-42-20-18-38/h13-16,22-23,25H,6-12,17-21H2,1-5H3/b37-32+. The monoisotopic (exact) mass is 586 g/mol. The average molecular weight is 587 g/mol. The maximum Gasteiger partial charge on any atom is 0.331 e. The van der Waals surface area contributed by atoms with Crippen molar-refractivity contribution < 1.29 is 24.0 Å². The molecule has 230 valence electrons. The van der Waals surface area contributed by atoms with Gasteiger partial charge in [-0.05, 0) is 73.4 Å². The highest BCUT2D eigenvalue weighted by Crippen LogP contribution is 2.53. The van der Waals surface area contributed by atoms with Crippen molar-refractivity contribution in [1.82, 2.24) is 4.90 Å². The number of carbonyl (C=O) groups is 3. The van der Waals surface area contributed by atoms with Crippen LogP contribution in [0.15, 0.2) is 41.6 Å². The Bertz CT molecular complexity index is 1410. The third kappa shape index (κ3) is 5.99. The summed E-state index contributed by atoms with van der Waals surface area (Å²) < 4.78 is 5.53. The molecular formula is C36H46N2O5. The van der Waals surface area contributed by atoms with Gasteiger partial charge in [-0.1, -0.05) is 75.4 Å². The molecule has 1 aliphatic heterocycles. The molecule has 2 aliphatic carbocycles. The number of rotatable bonds is 10. The Morgan fingerprint density at radius 1 is 0.930 bits per heavy atom. The fraction of sp³-hybridized carbons (Fsp3) is 0.556. The summed E-state index contributed by atoms with van der Waals surface area (Å²) in [4.78, 5) is 46.7. The van der Waals surface area contributed by atoms with Crippen LogP contribution in [0.5, 0.6) is 0 Å². The molecule has 1 saturated carbocycles. The number of hydrogen-bond acceptors (Lipinski definition) is 7. The van der Waals surface area contributed by atoms with E-state index in [4.69, 9.17) is 9.57 Å². The molecule has 2 fully saturated rings. The highest BCUT2D eigenvalue weighted by molar-refractivity contribution is 6.46. The van der Waals surface area contributed by atoms with Crippen LogP contribution in [0.2, 0.25) is 0 Å². The second kappa shape index (κ2) is 12.8. The van der Waals surface area contributed by atoms with Gasteiger partial charge in [0.15, 0.2) is 5.78 Å². The van der Waals surface area contributed by atoms with E-state index in [0.29, 0.717) is 42.4 Å². The van der Waals surface area contributed by atoms with Gasteiger partial charge >= 0.3 is 5.97 Å². The summed E-state index contributed by atoms with van der Waals surface area (Å²) in [7, 11) is 0. The second-order valence-corrected chi connectivity index (χ2v) is 13.0. The lowest BCUT2D eigenvalue weighted by Gasteiger charge is -2.39. The minimum absolute atomic E-state index is 0.0831. The summed E-state index contributed by atoms with van der Waals surface area (Å²) >= 11 is 0. The molecule has 2 aromatic carbocycles. The van der Waals surface area contributed by atoms with Gasteiger partial charge in [-0.2, -0.15) is 0 Å². The maximum atomic E-state index is 14.0. The normalized spacial score (nSPS) is 19.0. The smallest absolute Gasteiger partial charge is 0.331 e. The Morgan fingerprint density at radius 2 is 1.51 bits per heavy atom. The molecule has 0 aromatic heterocycles. The topological polar surface area (TPSA) is 85.3 Å². The van der Waals surface area contributed by atoms with Crippen molar-refractivity contribution in [3.05, 3.63) is 58.7 Å². The SMILES string of the molecule is CCC1(CC)c2ccc(C(=O)/C(CC3CCCCC3)=N/OC(C)=O)cc2-c2cc(C(=O)C(C)(C)N3CCOCC3)ccc21. The summed E-state index contributed by atoms with van der Waals surface area (Å²) in [5.41, 5.74) is 5.05. The Morgan fingerprint density at radius 3 is 2.09 bits per heavy atom. The van der Waals surface area contributed by atoms with Crippen molar-refractivity contribution in [2.24, 2.45) is 11.1 Å². The van der Waals surface area contributed by atoms with Crippen molar-refractivity contribution in [3.63, 3.8) is 0 Å². The van der Waals surface area contributed by atoms with E-state index in [2.05, 4.69) is 36.0 Å². The molecule has 7 heteroatoms. The summed E-state index contributed by atoms with van der Waals surface area (Å²) in [6, 6.07) is 12.1. The quantitative estimate of drug-likeness (QED) is 0.127. The van der Waals surface area contributed by atoms with Crippen LogP contribution in [0.25, 0.3) is 11.1 Å². The molecule has 3 aliphatic rings. The maximum absolute atomic E-state index is 14.0. The van der Waals surface area contributed by atoms with Gasteiger partial charge in [0.25, 0.3) is 0 Å². The molecule has 0 N–H and O–H groups in total. The molecule has 0 atom stereocenters. The predicted octanol–water partition coefficient (Wildman–Crippen LogP) is 7.14. The zero-order valence-electron chi connectivity index (χ0n) is 26.5. The lowest BCUT2D eigenvalue weighted by Crippen LogP contribution is -2.54. The fourth-order valence-electron chi connectivity index (χ4n) is 7.55. The van der Waals surface area contributed by atoms with Crippen LogP contribution in [0.4, 0.5) is 0 Å². The third-order valence-electron chi connectivity index (χ3n) is 10.2. The Labute approximate surface area is 256 Å². The number of oxime groups is 1. The first-order valence-electron chi connectivity index (χ1n) is 16.1. The zero-order chi connectivity index (χ0) is 30.8. The summed E-state index contributed by atoms with van der Waals surface area (Å²) in [6.45, 7) is 12.4. The van der Waals surface area contributed by atoms with Crippen molar-refractivity contribution in [1.29, 1.82) is 0 Å². The number of hydrogen-bond donors (Lipinski definition) is 0. The molecule has 2 aromatic rings. The van der Waals surface area contributed by atoms with E-state index < -0.39 is 11.5 Å². The highest BCUT2D eigenvalue weighted by Gasteiger charge is 2.42. The van der Waals surface area contributed by atoms with E-state index >= 15 is 0 Å². The third-order valence-corrected chi connectivity index (χ3v) is 10.2. The Hall–Kier alpha value is -3.16. The number of ketones is 2. The molecule has 5 rings (SSSR count). The van der Waals surface area contributed by atoms with Gasteiger partial charge in [0.2, 0.25) is 5.78 Å². The number of benzene rings is 2. The number of morpholine rings is 1. The molecule has 43 heavy (non-hydrogen) atoms.